The Balaban J connectivity index is 1.85. The molecule has 0 aliphatic carbocycles. The molecule has 138 valence electrons. The number of nitrogens with one attached hydrogen (secondary N) is 1. The van der Waals surface area contributed by atoms with Gasteiger partial charge in [0.25, 0.3) is 15.9 Å². The molecule has 0 aromatic heterocycles. The van der Waals surface area contributed by atoms with E-state index in [1.165, 1.54) is 0 Å². The average molecular weight is 373 g/mol. The van der Waals surface area contributed by atoms with Crippen LogP contribution in [0.2, 0.25) is 0 Å². The summed E-state index contributed by atoms with van der Waals surface area (Å²) in [4.78, 5) is 14.7. The number of nitrogens with two attached hydrogens (primary N) is 1. The predicted octanol–water partition coefficient (Wildman–Crippen LogP) is 2.36. The maximum atomic E-state index is 12.8. The van der Waals surface area contributed by atoms with E-state index in [2.05, 4.69) is 4.72 Å². The Bertz CT molecular complexity index is 887. The normalized spacial score (nSPS) is 15.7. The van der Waals surface area contributed by atoms with Gasteiger partial charge >= 0.3 is 0 Å². The third kappa shape index (κ3) is 4.05. The van der Waals surface area contributed by atoms with Gasteiger partial charge in [0.15, 0.2) is 0 Å². The minimum Gasteiger partial charge on any atom is -0.338 e. The van der Waals surface area contributed by atoms with Crippen molar-refractivity contribution in [2.45, 2.75) is 30.7 Å². The minimum absolute atomic E-state index is 0.120. The summed E-state index contributed by atoms with van der Waals surface area (Å²) in [5.74, 6) is -0.181. The Morgan fingerprint density at radius 3 is 2.35 bits per heavy atom. The second-order valence-corrected chi connectivity index (χ2v) is 8.28. The van der Waals surface area contributed by atoms with Crippen LogP contribution in [0, 0.1) is 6.92 Å². The van der Waals surface area contributed by atoms with E-state index in [1.807, 2.05) is 6.92 Å². The van der Waals surface area contributed by atoms with E-state index in [1.54, 1.807) is 53.4 Å². The zero-order valence-electron chi connectivity index (χ0n) is 14.7. The van der Waals surface area contributed by atoms with Crippen molar-refractivity contribution >= 4 is 21.6 Å². The van der Waals surface area contributed by atoms with Crippen LogP contribution >= 0.6 is 0 Å². The Labute approximate surface area is 154 Å². The zero-order valence-corrected chi connectivity index (χ0v) is 15.5. The molecule has 0 radical (unpaired) electrons. The highest BCUT2D eigenvalue weighted by Crippen LogP contribution is 2.23. The lowest BCUT2D eigenvalue weighted by Crippen LogP contribution is -2.43. The van der Waals surface area contributed by atoms with E-state index in [0.717, 1.165) is 18.4 Å². The molecule has 6 nitrogen and oxygen atoms in total. The number of rotatable bonds is 4. The summed E-state index contributed by atoms with van der Waals surface area (Å²) in [5.41, 5.74) is 7.50. The molecule has 26 heavy (non-hydrogen) atoms. The van der Waals surface area contributed by atoms with Crippen LogP contribution in [0.1, 0.15) is 28.8 Å². The number of para-hydroxylation sites is 1. The van der Waals surface area contributed by atoms with Gasteiger partial charge in [-0.2, -0.15) is 0 Å². The van der Waals surface area contributed by atoms with E-state index in [4.69, 9.17) is 5.73 Å². The summed E-state index contributed by atoms with van der Waals surface area (Å²) >= 11 is 0. The van der Waals surface area contributed by atoms with Crippen molar-refractivity contribution in [2.75, 3.05) is 17.8 Å². The maximum Gasteiger partial charge on any atom is 0.261 e. The van der Waals surface area contributed by atoms with Gasteiger partial charge in [-0.1, -0.05) is 29.8 Å². The van der Waals surface area contributed by atoms with Gasteiger partial charge in [-0.3, -0.25) is 9.52 Å². The first kappa shape index (κ1) is 18.4. The van der Waals surface area contributed by atoms with E-state index >= 15 is 0 Å². The number of aryl methyl sites for hydroxylation is 1. The van der Waals surface area contributed by atoms with Gasteiger partial charge < -0.3 is 10.6 Å². The van der Waals surface area contributed by atoms with Crippen molar-refractivity contribution in [3.05, 3.63) is 59.7 Å². The fraction of sp³-hybridized carbons (Fsp3) is 0.316. The molecule has 2 aromatic rings. The summed E-state index contributed by atoms with van der Waals surface area (Å²) in [6.45, 7) is 3.06. The van der Waals surface area contributed by atoms with Gasteiger partial charge in [-0.15, -0.1) is 0 Å². The first-order valence-corrected chi connectivity index (χ1v) is 10.1. The summed E-state index contributed by atoms with van der Waals surface area (Å²) in [5, 5.41) is 0. The fourth-order valence-electron chi connectivity index (χ4n) is 2.95. The van der Waals surface area contributed by atoms with Gasteiger partial charge in [0.1, 0.15) is 0 Å². The van der Waals surface area contributed by atoms with Crippen molar-refractivity contribution in [3.8, 4) is 0 Å². The van der Waals surface area contributed by atoms with Crippen molar-refractivity contribution in [1.82, 2.24) is 4.90 Å². The van der Waals surface area contributed by atoms with Gasteiger partial charge in [-0.05, 0) is 44.0 Å². The molecular weight excluding hydrogens is 350 g/mol. The molecule has 1 aliphatic rings. The standard InChI is InChI=1S/C19H23N3O3S/c1-14-6-8-16(9-7-14)26(24,25)21-18-5-3-2-4-17(18)19(23)22-12-10-15(20)11-13-22/h2-9,15,21H,10-13,20H2,1H3. The predicted molar refractivity (Wildman–Crippen MR) is 102 cm³/mol. The van der Waals surface area contributed by atoms with E-state index in [9.17, 15) is 13.2 Å². The Morgan fingerprint density at radius 2 is 1.69 bits per heavy atom. The molecule has 1 heterocycles. The lowest BCUT2D eigenvalue weighted by molar-refractivity contribution is 0.0716. The summed E-state index contributed by atoms with van der Waals surface area (Å²) in [7, 11) is -3.77. The first-order chi connectivity index (χ1) is 12.4. The molecule has 1 saturated heterocycles. The number of amides is 1. The molecule has 0 atom stereocenters. The molecular formula is C19H23N3O3S. The number of benzene rings is 2. The molecule has 7 heteroatoms. The molecule has 0 unspecified atom stereocenters. The molecule has 3 rings (SSSR count). The minimum atomic E-state index is -3.77. The highest BCUT2D eigenvalue weighted by molar-refractivity contribution is 7.92. The number of hydrogen-bond acceptors (Lipinski definition) is 4. The van der Waals surface area contributed by atoms with Crippen LogP contribution in [0.15, 0.2) is 53.4 Å². The van der Waals surface area contributed by atoms with Crippen molar-refractivity contribution < 1.29 is 13.2 Å². The lowest BCUT2D eigenvalue weighted by atomic mass is 10.0. The van der Waals surface area contributed by atoms with Crippen molar-refractivity contribution in [2.24, 2.45) is 5.73 Å². The van der Waals surface area contributed by atoms with E-state index in [0.29, 0.717) is 18.7 Å². The van der Waals surface area contributed by atoms with Crippen LogP contribution < -0.4 is 10.5 Å². The van der Waals surface area contributed by atoms with Gasteiger partial charge in [0, 0.05) is 19.1 Å². The van der Waals surface area contributed by atoms with Gasteiger partial charge in [-0.25, -0.2) is 8.42 Å². The van der Waals surface area contributed by atoms with Crippen LogP contribution in [0.5, 0.6) is 0 Å². The molecule has 0 bridgehead atoms. The molecule has 1 amide bonds. The third-order valence-corrected chi connectivity index (χ3v) is 5.94. The number of sulfonamides is 1. The second-order valence-electron chi connectivity index (χ2n) is 6.59. The van der Waals surface area contributed by atoms with Gasteiger partial charge in [0.05, 0.1) is 16.1 Å². The third-order valence-electron chi connectivity index (χ3n) is 4.56. The average Bonchev–Trinajstić information content (AvgIpc) is 2.62. The smallest absolute Gasteiger partial charge is 0.261 e. The van der Waals surface area contributed by atoms with Crippen molar-refractivity contribution in [3.63, 3.8) is 0 Å². The number of carbonyl (C=O) groups excluding carboxylic acids is 1. The summed E-state index contributed by atoms with van der Waals surface area (Å²) < 4.78 is 27.9. The van der Waals surface area contributed by atoms with Crippen LogP contribution in [0.3, 0.4) is 0 Å². The molecule has 0 saturated carbocycles. The SMILES string of the molecule is Cc1ccc(S(=O)(=O)Nc2ccccc2C(=O)N2CCC(N)CC2)cc1. The molecule has 1 aliphatic heterocycles. The topological polar surface area (TPSA) is 92.5 Å². The quantitative estimate of drug-likeness (QED) is 0.860. The Hall–Kier alpha value is -2.38. The summed E-state index contributed by atoms with van der Waals surface area (Å²) in [6, 6.07) is 13.4. The first-order valence-electron chi connectivity index (χ1n) is 8.60. The largest absolute Gasteiger partial charge is 0.338 e. The number of piperidine rings is 1. The van der Waals surface area contributed by atoms with Crippen LogP contribution in [-0.4, -0.2) is 38.4 Å². The number of carbonyl (C=O) groups is 1. The lowest BCUT2D eigenvalue weighted by Gasteiger charge is -2.30. The van der Waals surface area contributed by atoms with Crippen molar-refractivity contribution in [1.29, 1.82) is 0 Å². The van der Waals surface area contributed by atoms with Crippen LogP contribution in [-0.2, 0) is 10.0 Å². The van der Waals surface area contributed by atoms with E-state index < -0.39 is 10.0 Å². The van der Waals surface area contributed by atoms with Gasteiger partial charge in [0.2, 0.25) is 0 Å². The highest BCUT2D eigenvalue weighted by atomic mass is 32.2. The van der Waals surface area contributed by atoms with Crippen LogP contribution in [0.4, 0.5) is 5.69 Å². The zero-order chi connectivity index (χ0) is 18.7. The highest BCUT2D eigenvalue weighted by Gasteiger charge is 2.25. The Morgan fingerprint density at radius 1 is 1.08 bits per heavy atom. The van der Waals surface area contributed by atoms with Crippen LogP contribution in [0.25, 0.3) is 0 Å². The fourth-order valence-corrected chi connectivity index (χ4v) is 4.03. The second kappa shape index (κ2) is 7.47. The van der Waals surface area contributed by atoms with E-state index in [-0.39, 0.29) is 22.5 Å². The molecule has 1 fully saturated rings. The summed E-state index contributed by atoms with van der Waals surface area (Å²) in [6.07, 6.45) is 1.51. The number of likely N-dealkylation sites (tertiary alicyclic amines) is 1. The molecule has 2 aromatic carbocycles. The number of hydrogen-bond donors (Lipinski definition) is 2. The monoisotopic (exact) mass is 373 g/mol. The Kier molecular flexibility index (Phi) is 5.29. The molecule has 0 spiro atoms. The molecule has 3 N–H and O–H groups in total. The number of anilines is 1. The maximum absolute atomic E-state index is 12.8. The number of nitrogens with zero attached hydrogens (tertiary/aromatic N) is 1.